The van der Waals surface area contributed by atoms with Crippen LogP contribution in [-0.2, 0) is 0 Å². The molecule has 1 saturated heterocycles. The van der Waals surface area contributed by atoms with E-state index in [9.17, 15) is 4.79 Å². The largest absolute Gasteiger partial charge is 0.366 e. The maximum absolute atomic E-state index is 12.6. The average Bonchev–Trinajstić information content (AvgIpc) is 2.56. The van der Waals surface area contributed by atoms with E-state index in [0.29, 0.717) is 10.6 Å². The van der Waals surface area contributed by atoms with Gasteiger partial charge in [0.2, 0.25) is 0 Å². The molecule has 2 aromatic rings. The third-order valence-electron chi connectivity index (χ3n) is 4.17. The number of carbonyl (C=O) groups is 1. The third-order valence-corrected chi connectivity index (χ3v) is 5.17. The molecule has 4 nitrogen and oxygen atoms in total. The highest BCUT2D eigenvalue weighted by molar-refractivity contribution is 9.10. The number of nitrogens with zero attached hydrogens (tertiary/aromatic N) is 2. The molecule has 0 spiro atoms. The molecule has 24 heavy (non-hydrogen) atoms. The Labute approximate surface area is 155 Å². The molecule has 0 saturated carbocycles. The Balaban J connectivity index is 1.87. The highest BCUT2D eigenvalue weighted by Gasteiger charge is 2.21. The Morgan fingerprint density at radius 3 is 2.50 bits per heavy atom. The number of amides is 1. The van der Waals surface area contributed by atoms with Gasteiger partial charge in [-0.3, -0.25) is 4.79 Å². The van der Waals surface area contributed by atoms with Gasteiger partial charge in [0.15, 0.2) is 0 Å². The zero-order valence-electron chi connectivity index (χ0n) is 13.4. The monoisotopic (exact) mass is 407 g/mol. The lowest BCUT2D eigenvalue weighted by atomic mass is 10.1. The minimum Gasteiger partial charge on any atom is -0.366 e. The molecule has 0 radical (unpaired) electrons. The number of rotatable bonds is 3. The first-order valence-corrected chi connectivity index (χ1v) is 9.01. The van der Waals surface area contributed by atoms with Gasteiger partial charge in [-0.25, -0.2) is 0 Å². The maximum atomic E-state index is 12.6. The van der Waals surface area contributed by atoms with Crippen LogP contribution in [0.25, 0.3) is 0 Å². The van der Waals surface area contributed by atoms with Crippen molar-refractivity contribution < 1.29 is 4.79 Å². The molecule has 0 bridgehead atoms. The second-order valence-electron chi connectivity index (χ2n) is 5.86. The predicted octanol–water partition coefficient (Wildman–Crippen LogP) is 4.11. The molecule has 3 rings (SSSR count). The zero-order chi connectivity index (χ0) is 17.1. The molecule has 1 heterocycles. The minimum atomic E-state index is -0.153. The van der Waals surface area contributed by atoms with Gasteiger partial charge in [-0.1, -0.05) is 29.8 Å². The van der Waals surface area contributed by atoms with E-state index < -0.39 is 0 Å². The first-order chi connectivity index (χ1) is 11.6. The number of benzene rings is 2. The van der Waals surface area contributed by atoms with Crippen LogP contribution in [0.5, 0.6) is 0 Å². The molecule has 1 aliphatic rings. The molecule has 126 valence electrons. The van der Waals surface area contributed by atoms with Gasteiger partial charge >= 0.3 is 0 Å². The average molecular weight is 409 g/mol. The lowest BCUT2D eigenvalue weighted by molar-refractivity contribution is 0.102. The fourth-order valence-electron chi connectivity index (χ4n) is 2.80. The van der Waals surface area contributed by atoms with E-state index >= 15 is 0 Å². The van der Waals surface area contributed by atoms with Crippen molar-refractivity contribution >= 4 is 44.8 Å². The Kier molecular flexibility index (Phi) is 5.43. The smallest absolute Gasteiger partial charge is 0.256 e. The van der Waals surface area contributed by atoms with Crippen molar-refractivity contribution in [2.75, 3.05) is 43.4 Å². The second-order valence-corrected chi connectivity index (χ2v) is 7.12. The number of piperazine rings is 1. The lowest BCUT2D eigenvalue weighted by Crippen LogP contribution is -2.44. The fourth-order valence-corrected chi connectivity index (χ4v) is 3.56. The maximum Gasteiger partial charge on any atom is 0.256 e. The molecule has 0 unspecified atom stereocenters. The highest BCUT2D eigenvalue weighted by Crippen LogP contribution is 2.35. The van der Waals surface area contributed by atoms with Gasteiger partial charge < -0.3 is 15.1 Å². The first kappa shape index (κ1) is 17.3. The van der Waals surface area contributed by atoms with Crippen molar-refractivity contribution in [3.8, 4) is 0 Å². The minimum absolute atomic E-state index is 0.153. The molecule has 1 aliphatic heterocycles. The van der Waals surface area contributed by atoms with Gasteiger partial charge in [0.1, 0.15) is 0 Å². The summed E-state index contributed by atoms with van der Waals surface area (Å²) in [7, 11) is 2.11. The zero-order valence-corrected chi connectivity index (χ0v) is 15.8. The SMILES string of the molecule is CN1CCN(c2c(Cl)cccc2NC(=O)c2ccccc2Br)CC1. The van der Waals surface area contributed by atoms with E-state index in [4.69, 9.17) is 11.6 Å². The molecule has 1 N–H and O–H groups in total. The Hall–Kier alpha value is -1.56. The van der Waals surface area contributed by atoms with E-state index in [-0.39, 0.29) is 5.91 Å². The molecule has 0 aromatic heterocycles. The topological polar surface area (TPSA) is 35.6 Å². The van der Waals surface area contributed by atoms with Gasteiger partial charge in [0.25, 0.3) is 5.91 Å². The van der Waals surface area contributed by atoms with E-state index in [1.165, 1.54) is 0 Å². The van der Waals surface area contributed by atoms with Crippen molar-refractivity contribution in [2.24, 2.45) is 0 Å². The van der Waals surface area contributed by atoms with Crippen LogP contribution in [0.15, 0.2) is 46.9 Å². The van der Waals surface area contributed by atoms with Crippen LogP contribution in [0.3, 0.4) is 0 Å². The number of anilines is 2. The van der Waals surface area contributed by atoms with Crippen molar-refractivity contribution in [1.29, 1.82) is 0 Å². The Morgan fingerprint density at radius 1 is 1.08 bits per heavy atom. The quantitative estimate of drug-likeness (QED) is 0.830. The van der Waals surface area contributed by atoms with Crippen LogP contribution < -0.4 is 10.2 Å². The number of likely N-dealkylation sites (N-methyl/N-ethyl adjacent to an activating group) is 1. The summed E-state index contributed by atoms with van der Waals surface area (Å²) in [5.41, 5.74) is 2.24. The van der Waals surface area contributed by atoms with E-state index in [1.807, 2.05) is 36.4 Å². The summed E-state index contributed by atoms with van der Waals surface area (Å²) in [6.07, 6.45) is 0. The standard InChI is InChI=1S/C18H19BrClN3O/c1-22-9-11-23(12-10-22)17-15(20)7-4-8-16(17)21-18(24)13-5-2-3-6-14(13)19/h2-8H,9-12H2,1H3,(H,21,24). The van der Waals surface area contributed by atoms with Crippen molar-refractivity contribution in [2.45, 2.75) is 0 Å². The summed E-state index contributed by atoms with van der Waals surface area (Å²) >= 11 is 9.87. The number of hydrogen-bond donors (Lipinski definition) is 1. The predicted molar refractivity (Wildman–Crippen MR) is 103 cm³/mol. The van der Waals surface area contributed by atoms with E-state index in [2.05, 4.69) is 38.1 Å². The summed E-state index contributed by atoms with van der Waals surface area (Å²) in [6.45, 7) is 3.72. The molecular formula is C18H19BrClN3O. The van der Waals surface area contributed by atoms with Crippen molar-refractivity contribution in [1.82, 2.24) is 4.90 Å². The highest BCUT2D eigenvalue weighted by atomic mass is 79.9. The number of nitrogens with one attached hydrogen (secondary N) is 1. The molecule has 0 atom stereocenters. The van der Waals surface area contributed by atoms with Crippen molar-refractivity contribution in [3.63, 3.8) is 0 Å². The van der Waals surface area contributed by atoms with Gasteiger partial charge in [0, 0.05) is 30.7 Å². The summed E-state index contributed by atoms with van der Waals surface area (Å²) in [5.74, 6) is -0.153. The molecule has 6 heteroatoms. The second kappa shape index (κ2) is 7.55. The summed E-state index contributed by atoms with van der Waals surface area (Å²) in [6, 6.07) is 13.0. The lowest BCUT2D eigenvalue weighted by Gasteiger charge is -2.35. The van der Waals surface area contributed by atoms with Crippen LogP contribution in [0.4, 0.5) is 11.4 Å². The Morgan fingerprint density at radius 2 is 1.79 bits per heavy atom. The van der Waals surface area contributed by atoms with Gasteiger partial charge in [-0.2, -0.15) is 0 Å². The van der Waals surface area contributed by atoms with Crippen LogP contribution in [-0.4, -0.2) is 44.0 Å². The van der Waals surface area contributed by atoms with Crippen molar-refractivity contribution in [3.05, 3.63) is 57.5 Å². The molecule has 2 aromatic carbocycles. The number of para-hydroxylation sites is 1. The number of halogens is 2. The number of hydrogen-bond acceptors (Lipinski definition) is 3. The molecule has 1 amide bonds. The van der Waals surface area contributed by atoms with E-state index in [1.54, 1.807) is 6.07 Å². The fraction of sp³-hybridized carbons (Fsp3) is 0.278. The normalized spacial score (nSPS) is 15.4. The molecular weight excluding hydrogens is 390 g/mol. The van der Waals surface area contributed by atoms with Gasteiger partial charge in [0.05, 0.1) is 22.0 Å². The number of carbonyl (C=O) groups excluding carboxylic acids is 1. The third kappa shape index (κ3) is 3.74. The van der Waals surface area contributed by atoms with Gasteiger partial charge in [-0.05, 0) is 47.2 Å². The van der Waals surface area contributed by atoms with Crippen LogP contribution in [0, 0.1) is 0 Å². The van der Waals surface area contributed by atoms with E-state index in [0.717, 1.165) is 42.0 Å². The van der Waals surface area contributed by atoms with Crippen LogP contribution in [0.2, 0.25) is 5.02 Å². The van der Waals surface area contributed by atoms with Crippen LogP contribution >= 0.6 is 27.5 Å². The van der Waals surface area contributed by atoms with Gasteiger partial charge in [-0.15, -0.1) is 0 Å². The molecule has 1 fully saturated rings. The first-order valence-electron chi connectivity index (χ1n) is 7.84. The van der Waals surface area contributed by atoms with Crippen LogP contribution in [0.1, 0.15) is 10.4 Å². The summed E-state index contributed by atoms with van der Waals surface area (Å²) < 4.78 is 0.769. The summed E-state index contributed by atoms with van der Waals surface area (Å²) in [5, 5.41) is 3.67. The Bertz CT molecular complexity index is 745. The molecule has 0 aliphatic carbocycles. The summed E-state index contributed by atoms with van der Waals surface area (Å²) in [4.78, 5) is 17.1.